The summed E-state index contributed by atoms with van der Waals surface area (Å²) in [5.41, 5.74) is 0.792. The fraction of sp³-hybridized carbons (Fsp3) is 0.318. The van der Waals surface area contributed by atoms with Gasteiger partial charge in [0.05, 0.1) is 23.7 Å². The summed E-state index contributed by atoms with van der Waals surface area (Å²) >= 11 is 1.33. The van der Waals surface area contributed by atoms with Gasteiger partial charge in [-0.1, -0.05) is 23.5 Å². The summed E-state index contributed by atoms with van der Waals surface area (Å²) < 4.78 is 30.2. The van der Waals surface area contributed by atoms with Gasteiger partial charge in [-0.05, 0) is 12.1 Å². The molecule has 1 unspecified atom stereocenters. The first kappa shape index (κ1) is 20.4. The summed E-state index contributed by atoms with van der Waals surface area (Å²) in [5, 5.41) is 0. The minimum atomic E-state index is -0.857. The lowest BCUT2D eigenvalue weighted by Gasteiger charge is -2.23. The Labute approximate surface area is 186 Å². The van der Waals surface area contributed by atoms with Crippen LogP contribution in [0.25, 0.3) is 10.2 Å². The number of carbonyl (C=O) groups excluding carboxylic acids is 2. The Balaban J connectivity index is 1.52. The topological polar surface area (TPSA) is 97.6 Å². The van der Waals surface area contributed by atoms with Gasteiger partial charge in [-0.15, -0.1) is 0 Å². The molecule has 0 bridgehead atoms. The number of hydrogen-bond donors (Lipinski definition) is 0. The van der Waals surface area contributed by atoms with Crippen molar-refractivity contribution in [2.24, 2.45) is 4.99 Å². The largest absolute Gasteiger partial charge is 0.486 e. The van der Waals surface area contributed by atoms with Crippen LogP contribution in [0.4, 0.5) is 0 Å². The van der Waals surface area contributed by atoms with Crippen molar-refractivity contribution in [1.29, 1.82) is 0 Å². The Morgan fingerprint density at radius 3 is 2.62 bits per heavy atom. The van der Waals surface area contributed by atoms with Gasteiger partial charge < -0.3 is 28.3 Å². The lowest BCUT2D eigenvalue weighted by molar-refractivity contribution is -0.140. The van der Waals surface area contributed by atoms with E-state index in [4.69, 9.17) is 23.7 Å². The molecule has 1 aromatic heterocycles. The number of fused-ring (bicyclic) bond motifs is 3. The molecular weight excluding hydrogens is 436 g/mol. The Hall–Kier alpha value is -3.53. The number of para-hydroxylation sites is 2. The van der Waals surface area contributed by atoms with E-state index < -0.39 is 12.0 Å². The molecule has 5 rings (SSSR count). The quantitative estimate of drug-likeness (QED) is 0.556. The molecule has 3 heterocycles. The minimum Gasteiger partial charge on any atom is -0.486 e. The molecule has 3 aromatic rings. The molecule has 0 fully saturated rings. The molecular formula is C22H20N2O7S. The zero-order valence-corrected chi connectivity index (χ0v) is 18.1. The highest BCUT2D eigenvalue weighted by atomic mass is 32.1. The van der Waals surface area contributed by atoms with Gasteiger partial charge in [-0.25, -0.2) is 0 Å². The van der Waals surface area contributed by atoms with Crippen LogP contribution in [0, 0.1) is 0 Å². The number of aromatic nitrogens is 1. The van der Waals surface area contributed by atoms with E-state index in [1.54, 1.807) is 12.1 Å². The normalized spacial score (nSPS) is 17.3. The van der Waals surface area contributed by atoms with Crippen molar-refractivity contribution in [1.82, 2.24) is 4.57 Å². The predicted molar refractivity (Wildman–Crippen MR) is 114 cm³/mol. The van der Waals surface area contributed by atoms with E-state index in [1.165, 1.54) is 18.4 Å². The molecule has 0 saturated heterocycles. The van der Waals surface area contributed by atoms with Gasteiger partial charge >= 0.3 is 5.97 Å². The van der Waals surface area contributed by atoms with Crippen LogP contribution < -0.4 is 23.7 Å². The SMILES string of the molecule is COC(=O)CCn1c(=NC(=O)C2COc3ccccc3O2)sc2cc3c(cc21)OCCO3. The molecule has 0 aliphatic carbocycles. The van der Waals surface area contributed by atoms with Crippen LogP contribution in [0.5, 0.6) is 23.0 Å². The van der Waals surface area contributed by atoms with Gasteiger partial charge in [0.2, 0.25) is 6.10 Å². The highest BCUT2D eigenvalue weighted by Gasteiger charge is 2.27. The molecule has 1 atom stereocenters. The number of carbonyl (C=O) groups is 2. The summed E-state index contributed by atoms with van der Waals surface area (Å²) in [4.78, 5) is 29.5. The van der Waals surface area contributed by atoms with E-state index in [9.17, 15) is 9.59 Å². The smallest absolute Gasteiger partial charge is 0.307 e. The van der Waals surface area contributed by atoms with Crippen molar-refractivity contribution in [2.45, 2.75) is 19.1 Å². The van der Waals surface area contributed by atoms with Crippen LogP contribution in [0.2, 0.25) is 0 Å². The number of thiazole rings is 1. The van der Waals surface area contributed by atoms with E-state index >= 15 is 0 Å². The minimum absolute atomic E-state index is 0.0718. The molecule has 0 saturated carbocycles. The molecule has 0 radical (unpaired) electrons. The highest BCUT2D eigenvalue weighted by molar-refractivity contribution is 7.16. The van der Waals surface area contributed by atoms with Crippen molar-refractivity contribution in [3.8, 4) is 23.0 Å². The summed E-state index contributed by atoms with van der Waals surface area (Å²) in [6.07, 6.45) is -0.724. The molecule has 2 aromatic carbocycles. The zero-order valence-electron chi connectivity index (χ0n) is 17.2. The number of aryl methyl sites for hydroxylation is 1. The van der Waals surface area contributed by atoms with Gasteiger partial charge in [0.1, 0.15) is 19.8 Å². The molecule has 9 nitrogen and oxygen atoms in total. The first-order valence-electron chi connectivity index (χ1n) is 10.1. The van der Waals surface area contributed by atoms with Gasteiger partial charge in [0, 0.05) is 18.7 Å². The van der Waals surface area contributed by atoms with Gasteiger partial charge in [-0.3, -0.25) is 9.59 Å². The van der Waals surface area contributed by atoms with Crippen LogP contribution in [0.3, 0.4) is 0 Å². The van der Waals surface area contributed by atoms with Crippen molar-refractivity contribution in [2.75, 3.05) is 26.9 Å². The van der Waals surface area contributed by atoms with E-state index in [0.29, 0.717) is 47.6 Å². The average Bonchev–Trinajstić information content (AvgIpc) is 3.16. The number of esters is 1. The van der Waals surface area contributed by atoms with Crippen LogP contribution in [-0.4, -0.2) is 49.5 Å². The fourth-order valence-corrected chi connectivity index (χ4v) is 4.59. The van der Waals surface area contributed by atoms with Crippen molar-refractivity contribution in [3.63, 3.8) is 0 Å². The van der Waals surface area contributed by atoms with Gasteiger partial charge in [-0.2, -0.15) is 4.99 Å². The third-order valence-electron chi connectivity index (χ3n) is 5.10. The van der Waals surface area contributed by atoms with E-state index in [1.807, 2.05) is 28.8 Å². The maximum Gasteiger partial charge on any atom is 0.307 e. The Morgan fingerprint density at radius 2 is 1.84 bits per heavy atom. The van der Waals surface area contributed by atoms with E-state index in [-0.39, 0.29) is 19.0 Å². The lowest BCUT2D eigenvalue weighted by Crippen LogP contribution is -2.36. The molecule has 1 amide bonds. The standard InChI is InChI=1S/C22H20N2O7S/c1-27-20(25)6-7-24-13-10-16-17(29-9-8-28-16)11-19(13)32-22(24)23-21(26)18-12-30-14-4-2-3-5-15(14)31-18/h2-5,10-11,18H,6-9,12H2,1H3. The number of rotatable bonds is 4. The molecule has 10 heteroatoms. The molecule has 0 spiro atoms. The van der Waals surface area contributed by atoms with Crippen LogP contribution in [-0.2, 0) is 20.9 Å². The number of hydrogen-bond acceptors (Lipinski definition) is 8. The predicted octanol–water partition coefficient (Wildman–Crippen LogP) is 2.30. The number of benzene rings is 2. The average molecular weight is 456 g/mol. The Kier molecular flexibility index (Phi) is 5.44. The lowest BCUT2D eigenvalue weighted by atomic mass is 10.2. The summed E-state index contributed by atoms with van der Waals surface area (Å²) in [6, 6.07) is 10.9. The highest BCUT2D eigenvalue weighted by Crippen LogP contribution is 2.36. The third-order valence-corrected chi connectivity index (χ3v) is 6.14. The Morgan fingerprint density at radius 1 is 1.09 bits per heavy atom. The van der Waals surface area contributed by atoms with Gasteiger partial charge in [0.25, 0.3) is 5.91 Å². The second-order valence-corrected chi connectivity index (χ2v) is 8.15. The Bertz CT molecular complexity index is 1260. The third kappa shape index (κ3) is 3.89. The molecule has 0 N–H and O–H groups in total. The number of nitrogens with zero attached hydrogens (tertiary/aromatic N) is 2. The van der Waals surface area contributed by atoms with Crippen molar-refractivity contribution < 1.29 is 33.3 Å². The van der Waals surface area contributed by atoms with Crippen LogP contribution >= 0.6 is 11.3 Å². The first-order valence-corrected chi connectivity index (χ1v) is 10.9. The fourth-order valence-electron chi connectivity index (χ4n) is 3.52. The second-order valence-electron chi connectivity index (χ2n) is 7.14. The maximum atomic E-state index is 12.9. The van der Waals surface area contributed by atoms with Crippen LogP contribution in [0.15, 0.2) is 41.4 Å². The maximum absolute atomic E-state index is 12.9. The number of ether oxygens (including phenoxy) is 5. The number of amides is 1. The molecule has 32 heavy (non-hydrogen) atoms. The molecule has 166 valence electrons. The monoisotopic (exact) mass is 456 g/mol. The van der Waals surface area contributed by atoms with Crippen LogP contribution in [0.1, 0.15) is 6.42 Å². The molecule has 2 aliphatic rings. The van der Waals surface area contributed by atoms with Gasteiger partial charge in [0.15, 0.2) is 27.8 Å². The zero-order chi connectivity index (χ0) is 22.1. The summed E-state index contributed by atoms with van der Waals surface area (Å²) in [7, 11) is 1.34. The van der Waals surface area contributed by atoms with E-state index in [2.05, 4.69) is 4.99 Å². The van der Waals surface area contributed by atoms with Crippen molar-refractivity contribution in [3.05, 3.63) is 41.2 Å². The number of methoxy groups -OCH3 is 1. The van der Waals surface area contributed by atoms with E-state index in [0.717, 1.165) is 10.2 Å². The van der Waals surface area contributed by atoms with Crippen molar-refractivity contribution >= 4 is 33.4 Å². The second kappa shape index (κ2) is 8.54. The first-order chi connectivity index (χ1) is 15.6. The molecule has 2 aliphatic heterocycles. The summed E-state index contributed by atoms with van der Waals surface area (Å²) in [5.74, 6) is 1.54. The summed E-state index contributed by atoms with van der Waals surface area (Å²) in [6.45, 7) is 1.30.